The van der Waals surface area contributed by atoms with Crippen molar-refractivity contribution in [1.29, 1.82) is 0 Å². The summed E-state index contributed by atoms with van der Waals surface area (Å²) in [5.74, 6) is -0.506. The second kappa shape index (κ2) is 5.88. The molecule has 2 N–H and O–H groups in total. The summed E-state index contributed by atoms with van der Waals surface area (Å²) in [6.45, 7) is 1.17. The van der Waals surface area contributed by atoms with Gasteiger partial charge in [0.25, 0.3) is 0 Å². The Labute approximate surface area is 65.1 Å². The van der Waals surface area contributed by atoms with Crippen molar-refractivity contribution < 1.29 is 19.7 Å². The normalized spacial score (nSPS) is 11.4. The number of ether oxygens (including phenoxy) is 1. The van der Waals surface area contributed by atoms with Crippen LogP contribution in [0.4, 0.5) is 0 Å². The molecule has 0 unspecified atom stereocenters. The summed E-state index contributed by atoms with van der Waals surface area (Å²) in [6.07, 6.45) is 1.35. The van der Waals surface area contributed by atoms with Gasteiger partial charge in [-0.3, -0.25) is 0 Å². The highest BCUT2D eigenvalue weighted by Crippen LogP contribution is 1.94. The summed E-state index contributed by atoms with van der Waals surface area (Å²) < 4.78 is 4.54. The zero-order chi connectivity index (χ0) is 8.69. The highest BCUT2D eigenvalue weighted by Gasteiger charge is 2.02. The van der Waals surface area contributed by atoms with E-state index in [9.17, 15) is 4.79 Å². The smallest absolute Gasteiger partial charge is 0.333 e. The largest absolute Gasteiger partial charge is 0.460 e. The third kappa shape index (κ3) is 4.52. The van der Waals surface area contributed by atoms with Crippen molar-refractivity contribution in [2.45, 2.75) is 6.92 Å². The first-order valence-corrected chi connectivity index (χ1v) is 3.28. The first kappa shape index (κ1) is 10.1. The molecule has 0 saturated carbocycles. The number of aliphatic hydroxyl groups excluding tert-OH is 2. The predicted octanol–water partition coefficient (Wildman–Crippen LogP) is -0.540. The molecule has 0 saturated heterocycles. The van der Waals surface area contributed by atoms with E-state index < -0.39 is 5.97 Å². The van der Waals surface area contributed by atoms with Crippen molar-refractivity contribution in [2.24, 2.45) is 0 Å². The van der Waals surface area contributed by atoms with Crippen LogP contribution in [0.5, 0.6) is 0 Å². The molecule has 0 spiro atoms. The summed E-state index contributed by atoms with van der Waals surface area (Å²) in [5.41, 5.74) is 0.348. The van der Waals surface area contributed by atoms with E-state index in [2.05, 4.69) is 4.74 Å². The third-order valence-electron chi connectivity index (χ3n) is 1.04. The van der Waals surface area contributed by atoms with Crippen LogP contribution in [0.15, 0.2) is 11.6 Å². The van der Waals surface area contributed by atoms with Crippen molar-refractivity contribution in [1.82, 2.24) is 0 Å². The molecule has 0 heterocycles. The Kier molecular flexibility index (Phi) is 5.42. The third-order valence-corrected chi connectivity index (χ3v) is 1.04. The Balaban J connectivity index is 3.73. The lowest BCUT2D eigenvalue weighted by Gasteiger charge is -2.01. The molecular weight excluding hydrogens is 148 g/mol. The maximum atomic E-state index is 10.8. The van der Waals surface area contributed by atoms with E-state index in [1.807, 2.05) is 0 Å². The van der Waals surface area contributed by atoms with Crippen LogP contribution in [0.1, 0.15) is 6.92 Å². The zero-order valence-electron chi connectivity index (χ0n) is 6.41. The number of carbonyl (C=O) groups excluding carboxylic acids is 1. The first-order chi connectivity index (χ1) is 5.22. The highest BCUT2D eigenvalue weighted by molar-refractivity contribution is 5.87. The van der Waals surface area contributed by atoms with Crippen LogP contribution in [0.2, 0.25) is 0 Å². The number of hydrogen-bond acceptors (Lipinski definition) is 4. The van der Waals surface area contributed by atoms with Crippen LogP contribution >= 0.6 is 0 Å². The summed E-state index contributed by atoms with van der Waals surface area (Å²) in [7, 11) is 0. The summed E-state index contributed by atoms with van der Waals surface area (Å²) >= 11 is 0. The van der Waals surface area contributed by atoms with Crippen LogP contribution in [0, 0.1) is 0 Å². The predicted molar refractivity (Wildman–Crippen MR) is 38.9 cm³/mol. The van der Waals surface area contributed by atoms with Crippen LogP contribution < -0.4 is 0 Å². The monoisotopic (exact) mass is 160 g/mol. The van der Waals surface area contributed by atoms with Crippen LogP contribution in [-0.4, -0.2) is 36.0 Å². The molecule has 0 fully saturated rings. The summed E-state index contributed by atoms with van der Waals surface area (Å²) in [5, 5.41) is 16.7. The van der Waals surface area contributed by atoms with Gasteiger partial charge in [0, 0.05) is 5.57 Å². The number of hydrogen-bond donors (Lipinski definition) is 2. The van der Waals surface area contributed by atoms with Gasteiger partial charge in [-0.1, -0.05) is 0 Å². The average Bonchev–Trinajstić information content (AvgIpc) is 2.00. The molecule has 0 aromatic carbocycles. The lowest BCUT2D eigenvalue weighted by atomic mass is 10.3. The first-order valence-electron chi connectivity index (χ1n) is 3.28. The van der Waals surface area contributed by atoms with E-state index in [0.29, 0.717) is 5.57 Å². The molecule has 0 rings (SSSR count). The van der Waals surface area contributed by atoms with Crippen molar-refractivity contribution >= 4 is 5.97 Å². The van der Waals surface area contributed by atoms with Gasteiger partial charge in [-0.05, 0) is 13.0 Å². The molecule has 0 aromatic heterocycles. The van der Waals surface area contributed by atoms with Crippen LogP contribution in [0.25, 0.3) is 0 Å². The summed E-state index contributed by atoms with van der Waals surface area (Å²) in [6, 6.07) is 0. The second-order valence-corrected chi connectivity index (χ2v) is 1.93. The van der Waals surface area contributed by atoms with Gasteiger partial charge in [0.2, 0.25) is 0 Å². The SMILES string of the molecule is C/C(=C\CO)C(=O)OCCO. The van der Waals surface area contributed by atoms with E-state index in [0.717, 1.165) is 0 Å². The number of carbonyl (C=O) groups is 1. The summed E-state index contributed by atoms with van der Waals surface area (Å²) in [4.78, 5) is 10.8. The molecular formula is C7H12O4. The maximum Gasteiger partial charge on any atom is 0.333 e. The highest BCUT2D eigenvalue weighted by atomic mass is 16.5. The fraction of sp³-hybridized carbons (Fsp3) is 0.571. The van der Waals surface area contributed by atoms with E-state index in [-0.39, 0.29) is 19.8 Å². The Morgan fingerprint density at radius 2 is 2.18 bits per heavy atom. The van der Waals surface area contributed by atoms with Crippen LogP contribution in [0.3, 0.4) is 0 Å². The van der Waals surface area contributed by atoms with Gasteiger partial charge in [0.1, 0.15) is 6.61 Å². The molecule has 0 aliphatic carbocycles. The molecule has 0 radical (unpaired) electrons. The molecule has 0 bridgehead atoms. The molecule has 4 heteroatoms. The van der Waals surface area contributed by atoms with Crippen molar-refractivity contribution in [2.75, 3.05) is 19.8 Å². The molecule has 0 aliphatic heterocycles. The topological polar surface area (TPSA) is 66.8 Å². The van der Waals surface area contributed by atoms with Crippen molar-refractivity contribution in [3.63, 3.8) is 0 Å². The molecule has 0 aliphatic rings. The van der Waals surface area contributed by atoms with Crippen molar-refractivity contribution in [3.8, 4) is 0 Å². The Bertz CT molecular complexity index is 151. The number of aliphatic hydroxyl groups is 2. The van der Waals surface area contributed by atoms with Crippen LogP contribution in [-0.2, 0) is 9.53 Å². The molecule has 4 nitrogen and oxygen atoms in total. The quantitative estimate of drug-likeness (QED) is 0.428. The van der Waals surface area contributed by atoms with E-state index in [4.69, 9.17) is 10.2 Å². The van der Waals surface area contributed by atoms with Gasteiger partial charge in [-0.2, -0.15) is 0 Å². The van der Waals surface area contributed by atoms with Gasteiger partial charge >= 0.3 is 5.97 Å². The fourth-order valence-corrected chi connectivity index (χ4v) is 0.472. The average molecular weight is 160 g/mol. The van der Waals surface area contributed by atoms with Gasteiger partial charge in [-0.25, -0.2) is 4.79 Å². The second-order valence-electron chi connectivity index (χ2n) is 1.93. The van der Waals surface area contributed by atoms with Crippen molar-refractivity contribution in [3.05, 3.63) is 11.6 Å². The van der Waals surface area contributed by atoms with Gasteiger partial charge in [-0.15, -0.1) is 0 Å². The minimum atomic E-state index is -0.506. The Hall–Kier alpha value is -0.870. The maximum absolute atomic E-state index is 10.8. The van der Waals surface area contributed by atoms with E-state index >= 15 is 0 Å². The number of esters is 1. The fourth-order valence-electron chi connectivity index (χ4n) is 0.472. The zero-order valence-corrected chi connectivity index (χ0v) is 6.41. The van der Waals surface area contributed by atoms with E-state index in [1.54, 1.807) is 0 Å². The number of rotatable bonds is 4. The molecule has 11 heavy (non-hydrogen) atoms. The molecule has 64 valence electrons. The standard InChI is InChI=1S/C7H12O4/c1-6(2-3-8)7(10)11-5-4-9/h2,8-9H,3-5H2,1H3/b6-2+. The van der Waals surface area contributed by atoms with Gasteiger partial charge < -0.3 is 14.9 Å². The van der Waals surface area contributed by atoms with Gasteiger partial charge in [0.15, 0.2) is 0 Å². The minimum Gasteiger partial charge on any atom is -0.460 e. The Morgan fingerprint density at radius 3 is 2.64 bits per heavy atom. The Morgan fingerprint density at radius 1 is 1.55 bits per heavy atom. The molecule has 0 atom stereocenters. The lowest BCUT2D eigenvalue weighted by Crippen LogP contribution is -2.09. The van der Waals surface area contributed by atoms with E-state index in [1.165, 1.54) is 13.0 Å². The molecule has 0 amide bonds. The molecule has 0 aromatic rings. The van der Waals surface area contributed by atoms with Gasteiger partial charge in [0.05, 0.1) is 13.2 Å². The lowest BCUT2D eigenvalue weighted by molar-refractivity contribution is -0.139. The minimum absolute atomic E-state index is 0.00452.